The molecule has 0 spiro atoms. The van der Waals surface area contributed by atoms with Gasteiger partial charge < -0.3 is 24.3 Å². The van der Waals surface area contributed by atoms with Gasteiger partial charge in [-0.15, -0.1) is 0 Å². The third kappa shape index (κ3) is 6.33. The molecule has 0 aliphatic heterocycles. The van der Waals surface area contributed by atoms with E-state index in [1.165, 1.54) is 6.07 Å². The lowest BCUT2D eigenvalue weighted by Crippen LogP contribution is -2.03. The van der Waals surface area contributed by atoms with E-state index in [0.29, 0.717) is 32.1 Å². The van der Waals surface area contributed by atoms with E-state index in [-0.39, 0.29) is 5.69 Å². The minimum Gasteiger partial charge on any atom is -0.494 e. The molecule has 0 amide bonds. The molecule has 2 heterocycles. The highest BCUT2D eigenvalue weighted by Gasteiger charge is 2.13. The zero-order valence-electron chi connectivity index (χ0n) is 23.5. The van der Waals surface area contributed by atoms with E-state index in [9.17, 15) is 10.1 Å². The number of nitrogen functional groups attached to an aromatic ring is 1. The number of aromatic nitrogens is 4. The van der Waals surface area contributed by atoms with Gasteiger partial charge in [0.1, 0.15) is 11.5 Å². The third-order valence-corrected chi connectivity index (χ3v) is 6.68. The summed E-state index contributed by atoms with van der Waals surface area (Å²) >= 11 is 0. The van der Waals surface area contributed by atoms with Crippen LogP contribution in [0.2, 0.25) is 0 Å². The van der Waals surface area contributed by atoms with Gasteiger partial charge in [-0.25, -0.2) is 9.97 Å². The zero-order chi connectivity index (χ0) is 29.5. The van der Waals surface area contributed by atoms with Gasteiger partial charge in [0.05, 0.1) is 65.9 Å². The van der Waals surface area contributed by atoms with E-state index < -0.39 is 4.92 Å². The van der Waals surface area contributed by atoms with Crippen molar-refractivity contribution in [1.29, 1.82) is 0 Å². The number of anilines is 1. The van der Waals surface area contributed by atoms with Crippen molar-refractivity contribution >= 4 is 33.4 Å². The SMILES string of the molecule is CCOc1ccc(N)cc1Cn1cnc2ccccc21.CCOc1ccc([N+](=O)[O-])cc1Cn1cnc2ccccc21. The number of non-ortho nitro benzene ring substituents is 1. The number of imidazole rings is 2. The lowest BCUT2D eigenvalue weighted by Gasteiger charge is -2.12. The molecule has 4 aromatic carbocycles. The maximum atomic E-state index is 11.0. The molecule has 0 aliphatic rings. The third-order valence-electron chi connectivity index (χ3n) is 6.68. The Morgan fingerprint density at radius 3 is 1.76 bits per heavy atom. The van der Waals surface area contributed by atoms with Gasteiger partial charge in [-0.3, -0.25) is 10.1 Å². The summed E-state index contributed by atoms with van der Waals surface area (Å²) in [6.07, 6.45) is 3.59. The minimum atomic E-state index is -0.398. The van der Waals surface area contributed by atoms with Crippen molar-refractivity contribution in [2.24, 2.45) is 0 Å². The summed E-state index contributed by atoms with van der Waals surface area (Å²) in [5.74, 6) is 1.53. The van der Waals surface area contributed by atoms with E-state index in [1.54, 1.807) is 18.5 Å². The van der Waals surface area contributed by atoms with Crippen molar-refractivity contribution in [1.82, 2.24) is 19.1 Å². The largest absolute Gasteiger partial charge is 0.494 e. The molecule has 0 atom stereocenters. The number of ether oxygens (including phenoxy) is 2. The fourth-order valence-corrected chi connectivity index (χ4v) is 4.76. The van der Waals surface area contributed by atoms with Gasteiger partial charge in [0.25, 0.3) is 5.69 Å². The van der Waals surface area contributed by atoms with Crippen molar-refractivity contribution in [2.75, 3.05) is 18.9 Å². The number of nitro groups is 1. The second-order valence-electron chi connectivity index (χ2n) is 9.50. The average Bonchev–Trinajstić information content (AvgIpc) is 3.60. The predicted molar refractivity (Wildman–Crippen MR) is 164 cm³/mol. The Labute approximate surface area is 243 Å². The molecule has 0 radical (unpaired) electrons. The molecular weight excluding hydrogens is 532 g/mol. The quantitative estimate of drug-likeness (QED) is 0.121. The van der Waals surface area contributed by atoms with Crippen molar-refractivity contribution in [3.63, 3.8) is 0 Å². The van der Waals surface area contributed by atoms with Gasteiger partial charge in [-0.1, -0.05) is 24.3 Å². The lowest BCUT2D eigenvalue weighted by atomic mass is 10.1. The molecule has 2 aromatic heterocycles. The second-order valence-corrected chi connectivity index (χ2v) is 9.50. The van der Waals surface area contributed by atoms with Crippen LogP contribution in [0.25, 0.3) is 22.1 Å². The summed E-state index contributed by atoms with van der Waals surface area (Å²) in [4.78, 5) is 19.3. The number of rotatable bonds is 9. The van der Waals surface area contributed by atoms with Crippen LogP contribution in [-0.2, 0) is 13.1 Å². The molecule has 10 nitrogen and oxygen atoms in total. The highest BCUT2D eigenvalue weighted by Crippen LogP contribution is 2.27. The van der Waals surface area contributed by atoms with Gasteiger partial charge in [-0.2, -0.15) is 0 Å². The van der Waals surface area contributed by atoms with Crippen LogP contribution in [0, 0.1) is 10.1 Å². The predicted octanol–water partition coefficient (Wildman–Crippen LogP) is 6.46. The van der Waals surface area contributed by atoms with Gasteiger partial charge in [-0.05, 0) is 62.4 Å². The summed E-state index contributed by atoms with van der Waals surface area (Å²) in [7, 11) is 0. The van der Waals surface area contributed by atoms with E-state index in [0.717, 1.165) is 44.6 Å². The van der Waals surface area contributed by atoms with Gasteiger partial charge in [0.2, 0.25) is 0 Å². The molecule has 214 valence electrons. The summed E-state index contributed by atoms with van der Waals surface area (Å²) < 4.78 is 15.3. The Morgan fingerprint density at radius 1 is 0.738 bits per heavy atom. The molecule has 42 heavy (non-hydrogen) atoms. The first-order valence-electron chi connectivity index (χ1n) is 13.7. The number of nitrogens with two attached hydrogens (primary N) is 1. The standard InChI is InChI=1S/C16H15N3O3.C16H17N3O/c1-2-22-16-8-7-13(19(20)21)9-12(16)10-18-11-17-14-5-3-4-6-15(14)18;1-2-20-16-8-7-13(17)9-12(16)10-19-11-18-14-5-3-4-6-15(14)19/h3-9,11H,2,10H2,1H3;3-9,11H,2,10,17H2,1H3. The van der Waals surface area contributed by atoms with Crippen molar-refractivity contribution in [3.05, 3.63) is 119 Å². The average molecular weight is 565 g/mol. The summed E-state index contributed by atoms with van der Waals surface area (Å²) in [5.41, 5.74) is 12.5. The summed E-state index contributed by atoms with van der Waals surface area (Å²) in [6.45, 7) is 6.18. The first-order valence-corrected chi connectivity index (χ1v) is 13.7. The molecule has 10 heteroatoms. The van der Waals surface area contributed by atoms with Crippen molar-refractivity contribution < 1.29 is 14.4 Å². The van der Waals surface area contributed by atoms with Gasteiger partial charge >= 0.3 is 0 Å². The highest BCUT2D eigenvalue weighted by molar-refractivity contribution is 5.75. The summed E-state index contributed by atoms with van der Waals surface area (Å²) in [6, 6.07) is 26.3. The fraction of sp³-hybridized carbons (Fsp3) is 0.188. The number of para-hydroxylation sites is 4. The van der Waals surface area contributed by atoms with Crippen molar-refractivity contribution in [3.8, 4) is 11.5 Å². The molecule has 0 aliphatic carbocycles. The molecule has 0 fully saturated rings. The number of nitro benzene ring substituents is 1. The van der Waals surface area contributed by atoms with E-state index >= 15 is 0 Å². The normalized spacial score (nSPS) is 10.8. The monoisotopic (exact) mass is 564 g/mol. The number of nitrogens with zero attached hydrogens (tertiary/aromatic N) is 5. The van der Waals surface area contributed by atoms with E-state index in [1.807, 2.05) is 85.4 Å². The maximum absolute atomic E-state index is 11.0. The molecule has 0 bridgehead atoms. The van der Waals surface area contributed by atoms with Crippen LogP contribution in [-0.4, -0.2) is 37.2 Å². The van der Waals surface area contributed by atoms with Crippen LogP contribution in [0.1, 0.15) is 25.0 Å². The Bertz CT molecular complexity index is 1830. The fourth-order valence-electron chi connectivity index (χ4n) is 4.76. The molecule has 6 aromatic rings. The number of hydrogen-bond donors (Lipinski definition) is 1. The van der Waals surface area contributed by atoms with Crippen LogP contribution in [0.4, 0.5) is 11.4 Å². The van der Waals surface area contributed by atoms with Gasteiger partial charge in [0, 0.05) is 28.9 Å². The topological polar surface area (TPSA) is 123 Å². The zero-order valence-corrected chi connectivity index (χ0v) is 23.5. The Kier molecular flexibility index (Phi) is 8.62. The van der Waals surface area contributed by atoms with Gasteiger partial charge in [0.15, 0.2) is 0 Å². The number of hydrogen-bond acceptors (Lipinski definition) is 7. The van der Waals surface area contributed by atoms with E-state index in [2.05, 4.69) is 20.6 Å². The van der Waals surface area contributed by atoms with E-state index in [4.69, 9.17) is 15.2 Å². The highest BCUT2D eigenvalue weighted by atomic mass is 16.6. The van der Waals surface area contributed by atoms with Crippen LogP contribution in [0.15, 0.2) is 97.6 Å². The number of benzene rings is 4. The molecule has 6 rings (SSSR count). The first-order chi connectivity index (χ1) is 20.5. The molecule has 0 unspecified atom stereocenters. The smallest absolute Gasteiger partial charge is 0.270 e. The summed E-state index contributed by atoms with van der Waals surface area (Å²) in [5, 5.41) is 11.0. The molecule has 2 N–H and O–H groups in total. The molecular formula is C32H32N6O4. The molecule has 0 saturated heterocycles. The number of fused-ring (bicyclic) bond motifs is 2. The van der Waals surface area contributed by atoms with Crippen LogP contribution < -0.4 is 15.2 Å². The first kappa shape index (κ1) is 28.2. The molecule has 0 saturated carbocycles. The maximum Gasteiger partial charge on any atom is 0.270 e. The Hall–Kier alpha value is -5.38. The minimum absolute atomic E-state index is 0.0582. The Balaban J connectivity index is 0.000000169. The second kappa shape index (κ2) is 12.9. The van der Waals surface area contributed by atoms with Crippen LogP contribution >= 0.6 is 0 Å². The van der Waals surface area contributed by atoms with Crippen LogP contribution in [0.3, 0.4) is 0 Å². The van der Waals surface area contributed by atoms with Crippen molar-refractivity contribution in [2.45, 2.75) is 26.9 Å². The lowest BCUT2D eigenvalue weighted by molar-refractivity contribution is -0.384. The van der Waals surface area contributed by atoms with Crippen LogP contribution in [0.5, 0.6) is 11.5 Å². The Morgan fingerprint density at radius 2 is 1.24 bits per heavy atom.